The zero-order valence-electron chi connectivity index (χ0n) is 6.74. The summed E-state index contributed by atoms with van der Waals surface area (Å²) in [6.07, 6.45) is 1.60. The SMILES string of the molecule is Cn1ccc(CN)c(C#N)c1=O. The molecule has 1 aromatic rings. The minimum absolute atomic E-state index is 0.141. The predicted octanol–water partition coefficient (Wildman–Crippen LogP) is -0.284. The van der Waals surface area contributed by atoms with E-state index >= 15 is 0 Å². The lowest BCUT2D eigenvalue weighted by atomic mass is 10.1. The summed E-state index contributed by atoms with van der Waals surface area (Å²) < 4.78 is 1.36. The molecule has 0 fully saturated rings. The first-order chi connectivity index (χ1) is 5.70. The maximum Gasteiger partial charge on any atom is 0.268 e. The van der Waals surface area contributed by atoms with Gasteiger partial charge in [0.2, 0.25) is 0 Å². The molecule has 0 amide bonds. The van der Waals surface area contributed by atoms with Crippen LogP contribution in [0.4, 0.5) is 0 Å². The first kappa shape index (κ1) is 8.50. The van der Waals surface area contributed by atoms with E-state index in [2.05, 4.69) is 0 Å². The Labute approximate surface area is 69.8 Å². The normalized spacial score (nSPS) is 9.42. The minimum atomic E-state index is -0.291. The molecule has 0 aromatic carbocycles. The third kappa shape index (κ3) is 1.22. The predicted molar refractivity (Wildman–Crippen MR) is 44.3 cm³/mol. The van der Waals surface area contributed by atoms with Crippen molar-refractivity contribution in [1.82, 2.24) is 4.57 Å². The number of nitriles is 1. The molecule has 4 heteroatoms. The van der Waals surface area contributed by atoms with Crippen LogP contribution in [0.15, 0.2) is 17.1 Å². The van der Waals surface area contributed by atoms with Gasteiger partial charge < -0.3 is 10.3 Å². The molecule has 0 aliphatic carbocycles. The molecule has 0 saturated carbocycles. The highest BCUT2D eigenvalue weighted by atomic mass is 16.1. The van der Waals surface area contributed by atoms with Crippen molar-refractivity contribution < 1.29 is 0 Å². The summed E-state index contributed by atoms with van der Waals surface area (Å²) in [7, 11) is 1.60. The summed E-state index contributed by atoms with van der Waals surface area (Å²) in [5.41, 5.74) is 5.79. The smallest absolute Gasteiger partial charge is 0.268 e. The Bertz CT molecular complexity index is 386. The van der Waals surface area contributed by atoms with E-state index in [1.165, 1.54) is 4.57 Å². The second-order valence-corrected chi connectivity index (χ2v) is 2.45. The molecular formula is C8H9N3O. The Morgan fingerprint density at radius 1 is 1.75 bits per heavy atom. The van der Waals surface area contributed by atoms with Crippen LogP contribution >= 0.6 is 0 Å². The van der Waals surface area contributed by atoms with E-state index in [9.17, 15) is 4.79 Å². The van der Waals surface area contributed by atoms with Crippen LogP contribution in [0.1, 0.15) is 11.1 Å². The fourth-order valence-corrected chi connectivity index (χ4v) is 0.956. The largest absolute Gasteiger partial charge is 0.326 e. The first-order valence-electron chi connectivity index (χ1n) is 3.49. The number of aryl methyl sites for hydroxylation is 1. The van der Waals surface area contributed by atoms with E-state index in [1.807, 2.05) is 6.07 Å². The maximum absolute atomic E-state index is 11.3. The minimum Gasteiger partial charge on any atom is -0.326 e. The van der Waals surface area contributed by atoms with Crippen LogP contribution in [-0.2, 0) is 13.6 Å². The number of nitrogens with two attached hydrogens (primary N) is 1. The monoisotopic (exact) mass is 163 g/mol. The van der Waals surface area contributed by atoms with Crippen LogP contribution in [0, 0.1) is 11.3 Å². The number of aromatic nitrogens is 1. The second-order valence-electron chi connectivity index (χ2n) is 2.45. The molecule has 0 aliphatic heterocycles. The molecule has 62 valence electrons. The van der Waals surface area contributed by atoms with Crippen LogP contribution in [-0.4, -0.2) is 4.57 Å². The fraction of sp³-hybridized carbons (Fsp3) is 0.250. The van der Waals surface area contributed by atoms with E-state index in [-0.39, 0.29) is 17.7 Å². The lowest BCUT2D eigenvalue weighted by Gasteiger charge is -2.01. The standard InChI is InChI=1S/C8H9N3O/c1-11-3-2-6(4-9)7(5-10)8(11)12/h2-3H,4,9H2,1H3. The number of nitrogens with zero attached hydrogens (tertiary/aromatic N) is 2. The zero-order chi connectivity index (χ0) is 9.14. The van der Waals surface area contributed by atoms with Crippen molar-refractivity contribution in [1.29, 1.82) is 5.26 Å². The van der Waals surface area contributed by atoms with Crippen molar-refractivity contribution >= 4 is 0 Å². The van der Waals surface area contributed by atoms with Crippen molar-refractivity contribution in [2.75, 3.05) is 0 Å². The van der Waals surface area contributed by atoms with E-state index in [0.717, 1.165) is 0 Å². The van der Waals surface area contributed by atoms with Gasteiger partial charge in [0.25, 0.3) is 5.56 Å². The van der Waals surface area contributed by atoms with Gasteiger partial charge in [-0.25, -0.2) is 0 Å². The molecule has 4 nitrogen and oxygen atoms in total. The lowest BCUT2D eigenvalue weighted by molar-refractivity contribution is 0.842. The quantitative estimate of drug-likeness (QED) is 0.618. The number of rotatable bonds is 1. The van der Waals surface area contributed by atoms with Gasteiger partial charge in [-0.05, 0) is 11.6 Å². The van der Waals surface area contributed by atoms with Crippen molar-refractivity contribution in [3.8, 4) is 6.07 Å². The third-order valence-corrected chi connectivity index (χ3v) is 1.69. The van der Waals surface area contributed by atoms with Gasteiger partial charge in [-0.3, -0.25) is 4.79 Å². The molecule has 0 aliphatic rings. The van der Waals surface area contributed by atoms with Gasteiger partial charge in [-0.15, -0.1) is 0 Å². The van der Waals surface area contributed by atoms with Crippen LogP contribution in [0.3, 0.4) is 0 Å². The van der Waals surface area contributed by atoms with Crippen LogP contribution < -0.4 is 11.3 Å². The van der Waals surface area contributed by atoms with Gasteiger partial charge in [-0.2, -0.15) is 5.26 Å². The Balaban J connectivity index is 3.49. The van der Waals surface area contributed by atoms with E-state index < -0.39 is 0 Å². The van der Waals surface area contributed by atoms with Gasteiger partial charge >= 0.3 is 0 Å². The molecule has 1 rings (SSSR count). The summed E-state index contributed by atoms with van der Waals surface area (Å²) in [5.74, 6) is 0. The molecule has 0 radical (unpaired) electrons. The van der Waals surface area contributed by atoms with E-state index in [4.69, 9.17) is 11.0 Å². The molecule has 0 bridgehead atoms. The molecule has 2 N–H and O–H groups in total. The third-order valence-electron chi connectivity index (χ3n) is 1.69. The topological polar surface area (TPSA) is 71.8 Å². The average molecular weight is 163 g/mol. The highest BCUT2D eigenvalue weighted by Crippen LogP contribution is 1.99. The van der Waals surface area contributed by atoms with Crippen molar-refractivity contribution in [2.45, 2.75) is 6.54 Å². The maximum atomic E-state index is 11.3. The number of hydrogen-bond donors (Lipinski definition) is 1. The van der Waals surface area contributed by atoms with Crippen molar-refractivity contribution in [3.05, 3.63) is 33.7 Å². The highest BCUT2D eigenvalue weighted by molar-refractivity contribution is 5.34. The number of hydrogen-bond acceptors (Lipinski definition) is 3. The van der Waals surface area contributed by atoms with Crippen LogP contribution in [0.5, 0.6) is 0 Å². The number of pyridine rings is 1. The summed E-state index contributed by atoms with van der Waals surface area (Å²) in [4.78, 5) is 11.3. The van der Waals surface area contributed by atoms with E-state index in [1.54, 1.807) is 19.3 Å². The van der Waals surface area contributed by atoms with Crippen LogP contribution in [0.25, 0.3) is 0 Å². The fourth-order valence-electron chi connectivity index (χ4n) is 0.956. The molecule has 0 spiro atoms. The Morgan fingerprint density at radius 3 is 2.92 bits per heavy atom. The summed E-state index contributed by atoms with van der Waals surface area (Å²) >= 11 is 0. The summed E-state index contributed by atoms with van der Waals surface area (Å²) in [6.45, 7) is 0.221. The molecule has 1 heterocycles. The molecule has 12 heavy (non-hydrogen) atoms. The molecule has 0 atom stereocenters. The Hall–Kier alpha value is -1.60. The van der Waals surface area contributed by atoms with Gasteiger partial charge in [0, 0.05) is 19.8 Å². The summed E-state index contributed by atoms with van der Waals surface area (Å²) in [5, 5.41) is 8.64. The van der Waals surface area contributed by atoms with Crippen molar-refractivity contribution in [2.24, 2.45) is 12.8 Å². The second kappa shape index (κ2) is 3.20. The molecular weight excluding hydrogens is 154 g/mol. The average Bonchev–Trinajstić information content (AvgIpc) is 2.09. The van der Waals surface area contributed by atoms with Crippen molar-refractivity contribution in [3.63, 3.8) is 0 Å². The lowest BCUT2D eigenvalue weighted by Crippen LogP contribution is -2.21. The van der Waals surface area contributed by atoms with E-state index in [0.29, 0.717) is 5.56 Å². The molecule has 1 aromatic heterocycles. The highest BCUT2D eigenvalue weighted by Gasteiger charge is 2.05. The Morgan fingerprint density at radius 2 is 2.42 bits per heavy atom. The molecule has 0 saturated heterocycles. The van der Waals surface area contributed by atoms with Crippen LogP contribution in [0.2, 0.25) is 0 Å². The Kier molecular flexibility index (Phi) is 2.26. The van der Waals surface area contributed by atoms with Gasteiger partial charge in [0.15, 0.2) is 0 Å². The first-order valence-corrected chi connectivity index (χ1v) is 3.49. The van der Waals surface area contributed by atoms with Gasteiger partial charge in [0.1, 0.15) is 11.6 Å². The van der Waals surface area contributed by atoms with Gasteiger partial charge in [0.05, 0.1) is 0 Å². The molecule has 0 unspecified atom stereocenters. The van der Waals surface area contributed by atoms with Gasteiger partial charge in [-0.1, -0.05) is 0 Å². The summed E-state index contributed by atoms with van der Waals surface area (Å²) in [6, 6.07) is 3.52. The zero-order valence-corrected chi connectivity index (χ0v) is 6.74.